The summed E-state index contributed by atoms with van der Waals surface area (Å²) < 4.78 is 16.5. The molecule has 2 aromatic rings. The molecule has 0 aliphatic rings. The number of nitrogens with one attached hydrogen (secondary N) is 1. The fraction of sp³-hybridized carbons (Fsp3) is 0.381. The largest absolute Gasteiger partial charge is 0.497 e. The van der Waals surface area contributed by atoms with Crippen LogP contribution in [0.25, 0.3) is 0 Å². The average molecular weight is 357 g/mol. The molecule has 0 spiro atoms. The molecule has 0 aliphatic carbocycles. The molecule has 0 bridgehead atoms. The van der Waals surface area contributed by atoms with Crippen LogP contribution in [0, 0.1) is 6.92 Å². The van der Waals surface area contributed by atoms with Crippen LogP contribution in [0.3, 0.4) is 0 Å². The van der Waals surface area contributed by atoms with E-state index in [1.54, 1.807) is 39.3 Å². The lowest BCUT2D eigenvalue weighted by Gasteiger charge is -2.20. The Balaban J connectivity index is 2.15. The summed E-state index contributed by atoms with van der Waals surface area (Å²) in [5.41, 5.74) is 2.74. The molecule has 1 amide bonds. The van der Waals surface area contributed by atoms with Gasteiger partial charge >= 0.3 is 0 Å². The number of methoxy groups -OCH3 is 2. The molecule has 0 radical (unpaired) electrons. The zero-order valence-electron chi connectivity index (χ0n) is 16.3. The number of amides is 1. The van der Waals surface area contributed by atoms with E-state index in [1.165, 1.54) is 0 Å². The highest BCUT2D eigenvalue weighted by molar-refractivity contribution is 5.95. The summed E-state index contributed by atoms with van der Waals surface area (Å²) in [6.07, 6.45) is -0.652. The first-order valence-corrected chi connectivity index (χ1v) is 8.65. The summed E-state index contributed by atoms with van der Waals surface area (Å²) in [5, 5.41) is 2.85. The lowest BCUT2D eigenvalue weighted by atomic mass is 10.0. The normalized spacial score (nSPS) is 11.8. The van der Waals surface area contributed by atoms with Gasteiger partial charge in [0.15, 0.2) is 6.10 Å². The standard InChI is InChI=1S/C21H27NO4/c1-13(2)17-9-7-14(3)11-19(17)26-15(4)21(23)22-18-10-8-16(24-5)12-20(18)25-6/h7-13,15H,1-6H3,(H,22,23). The predicted octanol–water partition coefficient (Wildman–Crippen LogP) is 4.54. The molecule has 2 aromatic carbocycles. The van der Waals surface area contributed by atoms with Gasteiger partial charge in [-0.3, -0.25) is 4.79 Å². The third-order valence-electron chi connectivity index (χ3n) is 4.13. The number of aryl methyl sites for hydroxylation is 1. The Morgan fingerprint density at radius 1 is 0.962 bits per heavy atom. The number of carbonyl (C=O) groups is 1. The Labute approximate surface area is 155 Å². The zero-order chi connectivity index (χ0) is 19.3. The van der Waals surface area contributed by atoms with E-state index in [2.05, 4.69) is 25.2 Å². The van der Waals surface area contributed by atoms with Crippen LogP contribution in [0.5, 0.6) is 17.2 Å². The van der Waals surface area contributed by atoms with Crippen molar-refractivity contribution in [1.82, 2.24) is 0 Å². The van der Waals surface area contributed by atoms with E-state index in [1.807, 2.05) is 19.1 Å². The number of ether oxygens (including phenoxy) is 3. The molecular weight excluding hydrogens is 330 g/mol. The second kappa shape index (κ2) is 8.61. The van der Waals surface area contributed by atoms with Crippen LogP contribution in [0.4, 0.5) is 5.69 Å². The van der Waals surface area contributed by atoms with Crippen molar-refractivity contribution in [1.29, 1.82) is 0 Å². The quantitative estimate of drug-likeness (QED) is 0.790. The maximum Gasteiger partial charge on any atom is 0.265 e. The smallest absolute Gasteiger partial charge is 0.265 e. The predicted molar refractivity (Wildman–Crippen MR) is 104 cm³/mol. The minimum Gasteiger partial charge on any atom is -0.497 e. The van der Waals surface area contributed by atoms with Crippen molar-refractivity contribution in [3.05, 3.63) is 47.5 Å². The zero-order valence-corrected chi connectivity index (χ0v) is 16.3. The summed E-state index contributed by atoms with van der Waals surface area (Å²) in [6.45, 7) is 7.94. The van der Waals surface area contributed by atoms with Gasteiger partial charge in [-0.25, -0.2) is 0 Å². The van der Waals surface area contributed by atoms with Gasteiger partial charge in [-0.15, -0.1) is 0 Å². The van der Waals surface area contributed by atoms with E-state index in [-0.39, 0.29) is 5.91 Å². The average Bonchev–Trinajstić information content (AvgIpc) is 2.61. The van der Waals surface area contributed by atoms with Crippen LogP contribution in [-0.4, -0.2) is 26.2 Å². The van der Waals surface area contributed by atoms with Gasteiger partial charge in [0.1, 0.15) is 17.2 Å². The van der Waals surface area contributed by atoms with Crippen molar-refractivity contribution < 1.29 is 19.0 Å². The highest BCUT2D eigenvalue weighted by Gasteiger charge is 2.19. The van der Waals surface area contributed by atoms with Crippen molar-refractivity contribution in [3.8, 4) is 17.2 Å². The number of benzene rings is 2. The van der Waals surface area contributed by atoms with E-state index in [9.17, 15) is 4.79 Å². The van der Waals surface area contributed by atoms with Crippen molar-refractivity contribution in [2.45, 2.75) is 39.7 Å². The lowest BCUT2D eigenvalue weighted by Crippen LogP contribution is -2.30. The Morgan fingerprint density at radius 3 is 2.31 bits per heavy atom. The third-order valence-corrected chi connectivity index (χ3v) is 4.13. The van der Waals surface area contributed by atoms with Crippen LogP contribution in [-0.2, 0) is 4.79 Å². The summed E-state index contributed by atoms with van der Waals surface area (Å²) in [5.74, 6) is 1.99. The Hall–Kier alpha value is -2.69. The first-order chi connectivity index (χ1) is 12.3. The molecule has 1 N–H and O–H groups in total. The molecule has 5 heteroatoms. The molecule has 0 saturated carbocycles. The molecule has 5 nitrogen and oxygen atoms in total. The molecule has 140 valence electrons. The van der Waals surface area contributed by atoms with Crippen molar-refractivity contribution >= 4 is 11.6 Å². The lowest BCUT2D eigenvalue weighted by molar-refractivity contribution is -0.122. The van der Waals surface area contributed by atoms with Crippen LogP contribution in [0.2, 0.25) is 0 Å². The third kappa shape index (κ3) is 4.69. The first-order valence-electron chi connectivity index (χ1n) is 8.65. The van der Waals surface area contributed by atoms with E-state index in [0.29, 0.717) is 23.1 Å². The fourth-order valence-electron chi connectivity index (χ4n) is 2.60. The van der Waals surface area contributed by atoms with Crippen LogP contribution < -0.4 is 19.5 Å². The van der Waals surface area contributed by atoms with Crippen LogP contribution >= 0.6 is 0 Å². The molecule has 0 aromatic heterocycles. The number of carbonyl (C=O) groups excluding carboxylic acids is 1. The van der Waals surface area contributed by atoms with E-state index in [4.69, 9.17) is 14.2 Å². The molecular formula is C21H27NO4. The van der Waals surface area contributed by atoms with Gasteiger partial charge < -0.3 is 19.5 Å². The molecule has 0 fully saturated rings. The van der Waals surface area contributed by atoms with E-state index < -0.39 is 6.10 Å². The van der Waals surface area contributed by atoms with Crippen molar-refractivity contribution in [2.24, 2.45) is 0 Å². The second-order valence-electron chi connectivity index (χ2n) is 6.51. The monoisotopic (exact) mass is 357 g/mol. The highest BCUT2D eigenvalue weighted by atomic mass is 16.5. The van der Waals surface area contributed by atoms with Gasteiger partial charge in [0.05, 0.1) is 19.9 Å². The van der Waals surface area contributed by atoms with Gasteiger partial charge in [0, 0.05) is 6.07 Å². The molecule has 0 heterocycles. The number of hydrogen-bond acceptors (Lipinski definition) is 4. The minimum atomic E-state index is -0.652. The van der Waals surface area contributed by atoms with Crippen molar-refractivity contribution in [3.63, 3.8) is 0 Å². The minimum absolute atomic E-state index is 0.246. The van der Waals surface area contributed by atoms with Gasteiger partial charge in [-0.1, -0.05) is 26.0 Å². The second-order valence-corrected chi connectivity index (χ2v) is 6.51. The van der Waals surface area contributed by atoms with Gasteiger partial charge in [-0.2, -0.15) is 0 Å². The number of rotatable bonds is 7. The number of anilines is 1. The molecule has 1 atom stereocenters. The molecule has 0 aliphatic heterocycles. The van der Waals surface area contributed by atoms with Crippen LogP contribution in [0.1, 0.15) is 37.8 Å². The summed E-state index contributed by atoms with van der Waals surface area (Å²) in [7, 11) is 3.13. The maximum atomic E-state index is 12.6. The van der Waals surface area contributed by atoms with Gasteiger partial charge in [-0.05, 0) is 49.1 Å². The highest BCUT2D eigenvalue weighted by Crippen LogP contribution is 2.30. The first kappa shape index (κ1) is 19.6. The van der Waals surface area contributed by atoms with E-state index in [0.717, 1.165) is 16.9 Å². The summed E-state index contributed by atoms with van der Waals surface area (Å²) >= 11 is 0. The van der Waals surface area contributed by atoms with Crippen LogP contribution in [0.15, 0.2) is 36.4 Å². The van der Waals surface area contributed by atoms with Crippen molar-refractivity contribution in [2.75, 3.05) is 19.5 Å². The number of hydrogen-bond donors (Lipinski definition) is 1. The SMILES string of the molecule is COc1ccc(NC(=O)C(C)Oc2cc(C)ccc2C(C)C)c(OC)c1. The molecule has 26 heavy (non-hydrogen) atoms. The summed E-state index contributed by atoms with van der Waals surface area (Å²) in [6, 6.07) is 11.3. The molecule has 1 unspecified atom stereocenters. The Kier molecular flexibility index (Phi) is 6.50. The molecule has 0 saturated heterocycles. The topological polar surface area (TPSA) is 56.8 Å². The fourth-order valence-corrected chi connectivity index (χ4v) is 2.60. The Bertz CT molecular complexity index is 771. The Morgan fingerprint density at radius 2 is 1.69 bits per heavy atom. The van der Waals surface area contributed by atoms with Gasteiger partial charge in [0.2, 0.25) is 0 Å². The van der Waals surface area contributed by atoms with Gasteiger partial charge in [0.25, 0.3) is 5.91 Å². The summed E-state index contributed by atoms with van der Waals surface area (Å²) in [4.78, 5) is 12.6. The van der Waals surface area contributed by atoms with E-state index >= 15 is 0 Å². The molecule has 2 rings (SSSR count). The maximum absolute atomic E-state index is 12.6.